The monoisotopic (exact) mass is 554 g/mol. The van der Waals surface area contributed by atoms with E-state index in [4.69, 9.17) is 4.84 Å². The second-order valence-corrected chi connectivity index (χ2v) is 10.3. The molecule has 0 spiro atoms. The smallest absolute Gasteiger partial charge is 0.257 e. The number of halogens is 3. The zero-order chi connectivity index (χ0) is 29.0. The lowest BCUT2D eigenvalue weighted by atomic mass is 9.96. The maximum atomic E-state index is 15.0. The number of anilines is 2. The van der Waals surface area contributed by atoms with Crippen LogP contribution in [0.3, 0.4) is 0 Å². The molecule has 0 aliphatic carbocycles. The molecule has 0 atom stereocenters. The van der Waals surface area contributed by atoms with Crippen LogP contribution in [-0.2, 0) is 9.63 Å². The molecule has 1 aliphatic heterocycles. The number of fused-ring (bicyclic) bond motifs is 1. The molecule has 8 nitrogen and oxygen atoms in total. The van der Waals surface area contributed by atoms with Crippen molar-refractivity contribution in [1.82, 2.24) is 9.97 Å². The molecule has 2 heterocycles. The number of hydrogen-bond acceptors (Lipinski definition) is 7. The van der Waals surface area contributed by atoms with Crippen LogP contribution in [-0.4, -0.2) is 60.8 Å². The first-order chi connectivity index (χ1) is 19.0. The van der Waals surface area contributed by atoms with E-state index in [0.29, 0.717) is 47.5 Å². The maximum Gasteiger partial charge on any atom is 0.257 e. The summed E-state index contributed by atoms with van der Waals surface area (Å²) in [5, 5.41) is 3.82. The number of carbonyl (C=O) groups is 1. The molecule has 11 heteroatoms. The molecule has 0 N–H and O–H groups in total. The molecule has 40 heavy (non-hydrogen) atoms. The minimum atomic E-state index is -1.77. The van der Waals surface area contributed by atoms with Crippen LogP contribution >= 0.6 is 0 Å². The lowest BCUT2D eigenvalue weighted by Crippen LogP contribution is -2.36. The molecule has 1 fully saturated rings. The fraction of sp³-hybridized carbons (Fsp3) is 0.414. The van der Waals surface area contributed by atoms with Gasteiger partial charge in [-0.2, -0.15) is 0 Å². The van der Waals surface area contributed by atoms with Crippen molar-refractivity contribution in [2.24, 2.45) is 16.1 Å². The van der Waals surface area contributed by atoms with E-state index in [-0.39, 0.29) is 29.8 Å². The topological polar surface area (TPSA) is 83.3 Å². The molecule has 4 rings (SSSR count). The Morgan fingerprint density at radius 2 is 1.93 bits per heavy atom. The second kappa shape index (κ2) is 12.0. The molecule has 1 aromatic heterocycles. The SMILES string of the molecule is C=NOC(=NCC1CCN(c2ncnc3c(-c4ccc(N(C)C(=O)CC)c(F)c4)cc(F)cc23)CC1)C(C)(C)F. The number of benzene rings is 2. The molecule has 0 bridgehead atoms. The highest BCUT2D eigenvalue weighted by Crippen LogP contribution is 2.35. The van der Waals surface area contributed by atoms with Gasteiger partial charge in [-0.15, -0.1) is 0 Å². The van der Waals surface area contributed by atoms with Crippen LogP contribution in [0.4, 0.5) is 24.7 Å². The van der Waals surface area contributed by atoms with Crippen molar-refractivity contribution in [3.05, 3.63) is 48.3 Å². The molecule has 0 radical (unpaired) electrons. The Labute approximate surface area is 231 Å². The molecular weight excluding hydrogens is 521 g/mol. The Bertz CT molecular complexity index is 1430. The summed E-state index contributed by atoms with van der Waals surface area (Å²) < 4.78 is 44.2. The van der Waals surface area contributed by atoms with Gasteiger partial charge in [-0.05, 0) is 62.4 Å². The standard InChI is InChI=1S/C29H33F3N6O2/c1-6-25(39)37(5)24-8-7-19(13-23(24)31)21-14-20(30)15-22-26(21)35-17-36-27(22)38-11-9-18(10-12-38)16-34-28(40-33-4)29(2,3)32/h7-8,13-15,17-18H,4,6,9-12,16H2,1-3,5H3. The highest BCUT2D eigenvalue weighted by Gasteiger charge is 2.28. The third-order valence-corrected chi connectivity index (χ3v) is 7.05. The van der Waals surface area contributed by atoms with Crippen molar-refractivity contribution in [1.29, 1.82) is 0 Å². The second-order valence-electron chi connectivity index (χ2n) is 10.3. The van der Waals surface area contributed by atoms with E-state index in [1.54, 1.807) is 13.0 Å². The normalized spacial score (nSPS) is 14.9. The van der Waals surface area contributed by atoms with Crippen molar-refractivity contribution in [2.45, 2.75) is 45.7 Å². The fourth-order valence-electron chi connectivity index (χ4n) is 4.84. The van der Waals surface area contributed by atoms with Crippen molar-refractivity contribution in [2.75, 3.05) is 36.5 Å². The van der Waals surface area contributed by atoms with E-state index < -0.39 is 17.3 Å². The molecular formula is C29H33F3N6O2. The first-order valence-corrected chi connectivity index (χ1v) is 13.2. The van der Waals surface area contributed by atoms with Crippen LogP contribution < -0.4 is 9.80 Å². The summed E-state index contributed by atoms with van der Waals surface area (Å²) >= 11 is 0. The van der Waals surface area contributed by atoms with E-state index in [1.165, 1.54) is 56.4 Å². The van der Waals surface area contributed by atoms with Crippen molar-refractivity contribution in [3.8, 4) is 11.1 Å². The van der Waals surface area contributed by atoms with Gasteiger partial charge in [0.25, 0.3) is 5.90 Å². The summed E-state index contributed by atoms with van der Waals surface area (Å²) in [5.41, 5.74) is -0.266. The predicted molar refractivity (Wildman–Crippen MR) is 152 cm³/mol. The van der Waals surface area contributed by atoms with E-state index >= 15 is 4.39 Å². The highest BCUT2D eigenvalue weighted by atomic mass is 19.1. The van der Waals surface area contributed by atoms with Gasteiger partial charge in [0.15, 0.2) is 5.67 Å². The van der Waals surface area contributed by atoms with E-state index in [1.807, 2.05) is 0 Å². The summed E-state index contributed by atoms with van der Waals surface area (Å²) in [6, 6.07) is 7.16. The molecule has 212 valence electrons. The van der Waals surface area contributed by atoms with Crippen LogP contribution in [0.25, 0.3) is 22.0 Å². The quantitative estimate of drug-likeness (QED) is 0.195. The lowest BCUT2D eigenvalue weighted by molar-refractivity contribution is -0.118. The number of nitrogens with zero attached hydrogens (tertiary/aromatic N) is 6. The number of aliphatic imine (C=N–C) groups is 1. The number of hydrogen-bond donors (Lipinski definition) is 0. The number of carbonyl (C=O) groups excluding carboxylic acids is 1. The summed E-state index contributed by atoms with van der Waals surface area (Å²) in [6.07, 6.45) is 3.18. The zero-order valence-corrected chi connectivity index (χ0v) is 23.1. The van der Waals surface area contributed by atoms with Gasteiger partial charge in [-0.3, -0.25) is 4.79 Å². The summed E-state index contributed by atoms with van der Waals surface area (Å²) in [6.45, 7) is 9.29. The maximum absolute atomic E-state index is 15.0. The van der Waals surface area contributed by atoms with Gasteiger partial charge in [-0.1, -0.05) is 18.1 Å². The minimum absolute atomic E-state index is 0.109. The van der Waals surface area contributed by atoms with Gasteiger partial charge in [0.05, 0.1) is 11.2 Å². The molecule has 1 saturated heterocycles. The van der Waals surface area contributed by atoms with Gasteiger partial charge in [0.2, 0.25) is 5.91 Å². The first-order valence-electron chi connectivity index (χ1n) is 13.2. The van der Waals surface area contributed by atoms with Gasteiger partial charge < -0.3 is 14.6 Å². The summed E-state index contributed by atoms with van der Waals surface area (Å²) in [4.78, 5) is 33.4. The summed E-state index contributed by atoms with van der Waals surface area (Å²) in [7, 11) is 1.52. The zero-order valence-electron chi connectivity index (χ0n) is 23.1. The van der Waals surface area contributed by atoms with E-state index in [0.717, 1.165) is 12.8 Å². The highest BCUT2D eigenvalue weighted by molar-refractivity contribution is 6.00. The number of alkyl halides is 1. The average Bonchev–Trinajstić information content (AvgIpc) is 2.93. The molecule has 3 aromatic rings. The van der Waals surface area contributed by atoms with Crippen molar-refractivity contribution in [3.63, 3.8) is 0 Å². The van der Waals surface area contributed by atoms with Crippen molar-refractivity contribution >= 4 is 40.9 Å². The third kappa shape index (κ3) is 6.24. The van der Waals surface area contributed by atoms with E-state index in [2.05, 4.69) is 31.7 Å². The van der Waals surface area contributed by atoms with Gasteiger partial charge >= 0.3 is 0 Å². The van der Waals surface area contributed by atoms with Crippen LogP contribution in [0.2, 0.25) is 0 Å². The Morgan fingerprint density at radius 1 is 1.20 bits per heavy atom. The van der Waals surface area contributed by atoms with Crippen molar-refractivity contribution < 1.29 is 22.8 Å². The van der Waals surface area contributed by atoms with Crippen LogP contribution in [0.5, 0.6) is 0 Å². The number of oxime groups is 1. The Hall–Kier alpha value is -4.02. The lowest BCUT2D eigenvalue weighted by Gasteiger charge is -2.33. The van der Waals surface area contributed by atoms with Gasteiger partial charge in [0, 0.05) is 50.8 Å². The van der Waals surface area contributed by atoms with E-state index in [9.17, 15) is 13.6 Å². The van der Waals surface area contributed by atoms with Gasteiger partial charge in [0.1, 0.15) is 23.8 Å². The number of aromatic nitrogens is 2. The Morgan fingerprint density at radius 3 is 2.55 bits per heavy atom. The first kappa shape index (κ1) is 29.0. The molecule has 2 aromatic carbocycles. The van der Waals surface area contributed by atoms with Crippen LogP contribution in [0.1, 0.15) is 40.0 Å². The number of rotatable bonds is 8. The number of piperidine rings is 1. The molecule has 0 unspecified atom stereocenters. The predicted octanol–water partition coefficient (Wildman–Crippen LogP) is 5.94. The fourth-order valence-corrected chi connectivity index (χ4v) is 4.84. The largest absolute Gasteiger partial charge is 0.356 e. The average molecular weight is 555 g/mol. The Balaban J connectivity index is 1.59. The third-order valence-electron chi connectivity index (χ3n) is 7.05. The van der Waals surface area contributed by atoms with Crippen LogP contribution in [0, 0.1) is 17.6 Å². The van der Waals surface area contributed by atoms with Crippen LogP contribution in [0.15, 0.2) is 46.8 Å². The molecule has 1 aliphatic rings. The van der Waals surface area contributed by atoms with Gasteiger partial charge in [-0.25, -0.2) is 28.1 Å². The molecule has 1 amide bonds. The Kier molecular flexibility index (Phi) is 8.70. The minimum Gasteiger partial charge on any atom is -0.356 e. The number of amides is 1. The molecule has 0 saturated carbocycles. The summed E-state index contributed by atoms with van der Waals surface area (Å²) in [5.74, 6) is -0.633.